The molecule has 0 N–H and O–H groups in total. The predicted molar refractivity (Wildman–Crippen MR) is 162 cm³/mol. The van der Waals surface area contributed by atoms with E-state index in [1.54, 1.807) is 0 Å². The third kappa shape index (κ3) is 5.59. The zero-order chi connectivity index (χ0) is 25.3. The number of hydrogen-bond acceptors (Lipinski definition) is 2. The maximum atomic E-state index is 5.28. The van der Waals surface area contributed by atoms with E-state index in [9.17, 15) is 0 Å². The van der Waals surface area contributed by atoms with Crippen molar-refractivity contribution in [1.82, 2.24) is 0 Å². The van der Waals surface area contributed by atoms with E-state index in [2.05, 4.69) is 131 Å². The van der Waals surface area contributed by atoms with Crippen LogP contribution in [0.4, 0.5) is 11.4 Å². The maximum absolute atomic E-state index is 5.28. The number of nitrogens with zero attached hydrogens (tertiary/aromatic N) is 2. The Balaban J connectivity index is 0.000000861. The molecule has 0 bridgehead atoms. The van der Waals surface area contributed by atoms with Crippen LogP contribution in [-0.4, -0.2) is 11.4 Å². The third-order valence-corrected chi connectivity index (χ3v) is 6.36. The zero-order valence-electron chi connectivity index (χ0n) is 20.7. The summed E-state index contributed by atoms with van der Waals surface area (Å²) in [6.07, 6.45) is 0. The van der Waals surface area contributed by atoms with Gasteiger partial charge in [0.05, 0.1) is 22.8 Å². The number of benzene rings is 4. The van der Waals surface area contributed by atoms with Crippen molar-refractivity contribution in [3.8, 4) is 0 Å². The average molecular weight is 651 g/mol. The minimum absolute atomic E-state index is 0. The van der Waals surface area contributed by atoms with Crippen molar-refractivity contribution in [2.24, 2.45) is 9.98 Å². The summed E-state index contributed by atoms with van der Waals surface area (Å²) in [5.41, 5.74) is 13.7. The summed E-state index contributed by atoms with van der Waals surface area (Å²) >= 11 is 6.00. The molecule has 0 fully saturated rings. The van der Waals surface area contributed by atoms with E-state index in [0.717, 1.165) is 22.8 Å². The topological polar surface area (TPSA) is 24.7 Å². The molecule has 0 atom stereocenters. The second kappa shape index (κ2) is 12.0. The van der Waals surface area contributed by atoms with Gasteiger partial charge in [0.1, 0.15) is 0 Å². The Labute approximate surface area is 235 Å². The molecule has 0 aliphatic heterocycles. The second-order valence-corrected chi connectivity index (χ2v) is 14.2. The van der Waals surface area contributed by atoms with Gasteiger partial charge < -0.3 is 0 Å². The first-order valence-corrected chi connectivity index (χ1v) is 16.3. The molecule has 2 nitrogen and oxygen atoms in total. The Hall–Kier alpha value is -2.07. The quantitative estimate of drug-likeness (QED) is 0.193. The molecule has 0 aromatic heterocycles. The van der Waals surface area contributed by atoms with Crippen LogP contribution in [0.15, 0.2) is 70.6 Å². The van der Waals surface area contributed by atoms with Gasteiger partial charge in [-0.15, -0.1) is 0 Å². The van der Waals surface area contributed by atoms with E-state index in [4.69, 9.17) is 9.98 Å². The predicted octanol–water partition coefficient (Wildman–Crippen LogP) is 10.3. The summed E-state index contributed by atoms with van der Waals surface area (Å²) in [4.78, 5) is 10.6. The van der Waals surface area contributed by atoms with Gasteiger partial charge in [0.25, 0.3) is 0 Å². The summed E-state index contributed by atoms with van der Waals surface area (Å²) < 4.78 is 0. The molecule has 4 aromatic rings. The number of aliphatic imine (C=N–C) groups is 2. The molecule has 0 unspecified atom stereocenters. The first-order chi connectivity index (χ1) is 16.7. The Bertz CT molecular complexity index is 1350. The fourth-order valence-electron chi connectivity index (χ4n) is 5.14. The van der Waals surface area contributed by atoms with Crippen LogP contribution < -0.4 is 0 Å². The molecule has 36 heavy (non-hydrogen) atoms. The second-order valence-electron chi connectivity index (χ2n) is 9.17. The number of hydrogen-bond donors (Lipinski definition) is 0. The Kier molecular flexibility index (Phi) is 9.49. The van der Waals surface area contributed by atoms with Crippen LogP contribution in [-0.2, 0) is 10.9 Å². The van der Waals surface area contributed by atoms with Gasteiger partial charge in [-0.3, -0.25) is 0 Å². The van der Waals surface area contributed by atoms with Gasteiger partial charge in [0, 0.05) is 16.5 Å². The van der Waals surface area contributed by atoms with Crippen LogP contribution in [0.1, 0.15) is 51.9 Å². The zero-order valence-corrected chi connectivity index (χ0v) is 24.9. The van der Waals surface area contributed by atoms with E-state index < -0.39 is 0 Å². The van der Waals surface area contributed by atoms with Crippen LogP contribution in [0.3, 0.4) is 0 Å². The molecule has 0 spiro atoms. The molecule has 5 heteroatoms. The normalized spacial score (nSPS) is 14.2. The van der Waals surface area contributed by atoms with Gasteiger partial charge in [0.15, 0.2) is 0 Å². The summed E-state index contributed by atoms with van der Waals surface area (Å²) in [7, 11) is 1.25. The van der Waals surface area contributed by atoms with Gasteiger partial charge in [-0.05, 0) is 69.2 Å². The number of rotatable bonds is 2. The fourth-order valence-corrected chi connectivity index (χ4v) is 5.14. The molecule has 190 valence electrons. The van der Waals surface area contributed by atoms with Crippen LogP contribution in [0.25, 0.3) is 10.8 Å². The molecule has 0 radical (unpaired) electrons. The van der Waals surface area contributed by atoms with Gasteiger partial charge in [-0.2, -0.15) is 0 Å². The molecule has 0 heterocycles. The van der Waals surface area contributed by atoms with Crippen LogP contribution in [0, 0.1) is 41.5 Å². The van der Waals surface area contributed by atoms with Gasteiger partial charge in [-0.25, -0.2) is 9.98 Å². The van der Waals surface area contributed by atoms with Gasteiger partial charge in [0.2, 0.25) is 0 Å². The molecule has 1 aliphatic carbocycles. The molecule has 0 saturated heterocycles. The Morgan fingerprint density at radius 1 is 0.583 bits per heavy atom. The standard InChI is InChI=1S/C30H28N2.CH4.2BrH.Ni/c1-17-13-19(3)27(20(4)14-17)31-29-24-11-7-9-23-10-8-12-25(26(23)24)30(29)32-28-21(5)15-18(2)16-22(28)6;;;;/h7-16H,1-6H3;1H4;2*1H;/q;;;;+2/p-2. The molecular formula is C31H32Br2N2Ni. The molecule has 1 aliphatic rings. The van der Waals surface area contributed by atoms with Crippen molar-refractivity contribution in [1.29, 1.82) is 0 Å². The summed E-state index contributed by atoms with van der Waals surface area (Å²) in [6.45, 7) is 12.9. The SMILES string of the molecule is C.Cc1cc(C)c(N=C2C(=Nc3c(C)cc(C)cc3C)c3cccc4cccc2c34)c(C)c1.[Br][Ni][Br]. The van der Waals surface area contributed by atoms with Crippen molar-refractivity contribution >= 4 is 62.0 Å². The van der Waals surface area contributed by atoms with E-state index in [1.165, 1.54) is 66.2 Å². The van der Waals surface area contributed by atoms with Crippen LogP contribution >= 0.6 is 28.5 Å². The van der Waals surface area contributed by atoms with E-state index in [0.29, 0.717) is 0 Å². The third-order valence-electron chi connectivity index (χ3n) is 6.36. The van der Waals surface area contributed by atoms with Crippen molar-refractivity contribution in [2.45, 2.75) is 49.0 Å². The van der Waals surface area contributed by atoms with Gasteiger partial charge in [-0.1, -0.05) is 79.2 Å². The van der Waals surface area contributed by atoms with Crippen molar-refractivity contribution in [3.63, 3.8) is 0 Å². The van der Waals surface area contributed by atoms with E-state index >= 15 is 0 Å². The van der Waals surface area contributed by atoms with Crippen molar-refractivity contribution < 1.29 is 10.9 Å². The van der Waals surface area contributed by atoms with Crippen molar-refractivity contribution in [3.05, 3.63) is 105 Å². The van der Waals surface area contributed by atoms with E-state index in [-0.39, 0.29) is 7.43 Å². The number of halogens is 2. The number of aryl methyl sites for hydroxylation is 6. The van der Waals surface area contributed by atoms with Crippen LogP contribution in [0.2, 0.25) is 0 Å². The minimum atomic E-state index is 0. The average Bonchev–Trinajstić information content (AvgIpc) is 3.08. The summed E-state index contributed by atoms with van der Waals surface area (Å²) in [5, 5.41) is 2.48. The van der Waals surface area contributed by atoms with Crippen molar-refractivity contribution in [2.75, 3.05) is 0 Å². The first-order valence-electron chi connectivity index (χ1n) is 11.4. The van der Waals surface area contributed by atoms with Gasteiger partial charge >= 0.3 is 39.3 Å². The monoisotopic (exact) mass is 648 g/mol. The molecule has 5 rings (SSSR count). The Morgan fingerprint density at radius 3 is 1.25 bits per heavy atom. The molecule has 4 aromatic carbocycles. The Morgan fingerprint density at radius 2 is 0.917 bits per heavy atom. The first kappa shape index (κ1) is 28.5. The molecule has 0 amide bonds. The molecule has 0 saturated carbocycles. The fraction of sp³-hybridized carbons (Fsp3) is 0.226. The van der Waals surface area contributed by atoms with E-state index in [1.807, 2.05) is 0 Å². The summed E-state index contributed by atoms with van der Waals surface area (Å²) in [5.74, 6) is 0. The summed E-state index contributed by atoms with van der Waals surface area (Å²) in [6, 6.07) is 21.8. The van der Waals surface area contributed by atoms with Crippen LogP contribution in [0.5, 0.6) is 0 Å². The molecular weight excluding hydrogens is 619 g/mol.